The fraction of sp³-hybridized carbons (Fsp3) is 0.406. The normalized spacial score (nSPS) is 16.5. The van der Waals surface area contributed by atoms with E-state index in [0.717, 1.165) is 25.0 Å². The monoisotopic (exact) mass is 602 g/mol. The Morgan fingerprint density at radius 1 is 1.20 bits per heavy atom. The van der Waals surface area contributed by atoms with Crippen LogP contribution in [0, 0.1) is 11.3 Å². The smallest absolute Gasteiger partial charge is 0.263 e. The second kappa shape index (κ2) is 13.4. The van der Waals surface area contributed by atoms with Crippen LogP contribution in [0.2, 0.25) is 0 Å². The lowest BCUT2D eigenvalue weighted by Crippen LogP contribution is -2.51. The van der Waals surface area contributed by atoms with Crippen LogP contribution in [-0.4, -0.2) is 70.9 Å². The van der Waals surface area contributed by atoms with E-state index >= 15 is 0 Å². The van der Waals surface area contributed by atoms with Crippen molar-refractivity contribution < 1.29 is 23.5 Å². The standard InChI is InChI=1S/C32H35FN6O5/c1-19(2)44-29-12-22(25-7-6-20(13-34)9-26(25)32(42)39-17-23(33)18-39)11-28(36-29)37-30(40)27-10-21(16-38(3)31(27)41)14-35-15-24-5-4-8-43-24/h6-7,9-12,16,19,23-24,35H,4-5,8,14-15,17-18H2,1-3H3,(H,36,37,40)/t24-/m0/s1. The number of rotatable bonds is 10. The van der Waals surface area contributed by atoms with E-state index in [9.17, 15) is 24.0 Å². The number of nitriles is 1. The third-order valence-corrected chi connectivity index (χ3v) is 7.42. The Labute approximate surface area is 254 Å². The highest BCUT2D eigenvalue weighted by Gasteiger charge is 2.32. The fourth-order valence-corrected chi connectivity index (χ4v) is 5.24. The largest absolute Gasteiger partial charge is 0.475 e. The molecule has 1 aromatic carbocycles. The van der Waals surface area contributed by atoms with Gasteiger partial charge in [-0.2, -0.15) is 10.2 Å². The number of alkyl halides is 1. The summed E-state index contributed by atoms with van der Waals surface area (Å²) in [7, 11) is 1.59. The molecule has 230 valence electrons. The molecule has 1 atom stereocenters. The molecule has 4 heterocycles. The number of hydrogen-bond acceptors (Lipinski definition) is 8. The van der Waals surface area contributed by atoms with Crippen LogP contribution in [0.25, 0.3) is 11.1 Å². The van der Waals surface area contributed by atoms with E-state index in [1.54, 1.807) is 43.6 Å². The number of benzene rings is 1. The summed E-state index contributed by atoms with van der Waals surface area (Å²) in [5.41, 5.74) is 1.65. The number of halogens is 1. The molecule has 0 radical (unpaired) electrons. The third kappa shape index (κ3) is 7.12. The van der Waals surface area contributed by atoms with E-state index < -0.39 is 23.5 Å². The fourth-order valence-electron chi connectivity index (χ4n) is 5.24. The zero-order valence-corrected chi connectivity index (χ0v) is 24.9. The first-order valence-corrected chi connectivity index (χ1v) is 14.6. The number of carbonyl (C=O) groups excluding carboxylic acids is 2. The van der Waals surface area contributed by atoms with Gasteiger partial charge in [0.15, 0.2) is 0 Å². The maximum Gasteiger partial charge on any atom is 0.263 e. The number of nitrogens with one attached hydrogen (secondary N) is 2. The lowest BCUT2D eigenvalue weighted by atomic mass is 9.96. The van der Waals surface area contributed by atoms with Crippen LogP contribution in [0.1, 0.15) is 58.5 Å². The summed E-state index contributed by atoms with van der Waals surface area (Å²) in [6.07, 6.45) is 2.54. The van der Waals surface area contributed by atoms with Gasteiger partial charge in [-0.1, -0.05) is 6.07 Å². The molecule has 11 nitrogen and oxygen atoms in total. The number of likely N-dealkylation sites (tertiary alicyclic amines) is 1. The Morgan fingerprint density at radius 3 is 2.68 bits per heavy atom. The zero-order chi connectivity index (χ0) is 31.4. The molecule has 0 aliphatic carbocycles. The molecule has 0 saturated carbocycles. The Hall–Kier alpha value is -4.60. The molecule has 0 bridgehead atoms. The summed E-state index contributed by atoms with van der Waals surface area (Å²) < 4.78 is 26.4. The number of pyridine rings is 2. The third-order valence-electron chi connectivity index (χ3n) is 7.42. The van der Waals surface area contributed by atoms with Crippen molar-refractivity contribution in [2.24, 2.45) is 7.05 Å². The summed E-state index contributed by atoms with van der Waals surface area (Å²) in [6, 6.07) is 11.4. The summed E-state index contributed by atoms with van der Waals surface area (Å²) >= 11 is 0. The lowest BCUT2D eigenvalue weighted by molar-refractivity contribution is 0.0401. The Balaban J connectivity index is 1.44. The molecular weight excluding hydrogens is 567 g/mol. The minimum absolute atomic E-state index is 0.0215. The molecule has 44 heavy (non-hydrogen) atoms. The van der Waals surface area contributed by atoms with Crippen LogP contribution in [0.4, 0.5) is 10.2 Å². The minimum Gasteiger partial charge on any atom is -0.475 e. The predicted molar refractivity (Wildman–Crippen MR) is 161 cm³/mol. The van der Waals surface area contributed by atoms with Gasteiger partial charge in [0.05, 0.1) is 36.9 Å². The molecule has 2 aromatic heterocycles. The SMILES string of the molecule is CC(C)Oc1cc(-c2ccc(C#N)cc2C(=O)N2CC(F)C2)cc(NC(=O)c2cc(CNC[C@@H]3CCCO3)cn(C)c2=O)n1. The van der Waals surface area contributed by atoms with Gasteiger partial charge in [-0.15, -0.1) is 0 Å². The molecule has 12 heteroatoms. The first-order chi connectivity index (χ1) is 21.1. The maximum atomic E-state index is 13.6. The summed E-state index contributed by atoms with van der Waals surface area (Å²) in [5, 5.41) is 15.5. The molecule has 0 spiro atoms. The minimum atomic E-state index is -1.08. The number of hydrogen-bond donors (Lipinski definition) is 2. The summed E-state index contributed by atoms with van der Waals surface area (Å²) in [5.74, 6) is -0.781. The number of aromatic nitrogens is 2. The van der Waals surface area contributed by atoms with Crippen LogP contribution in [0.5, 0.6) is 5.88 Å². The van der Waals surface area contributed by atoms with Crippen LogP contribution in [0.3, 0.4) is 0 Å². The van der Waals surface area contributed by atoms with E-state index in [-0.39, 0.29) is 53.7 Å². The van der Waals surface area contributed by atoms with E-state index in [4.69, 9.17) is 9.47 Å². The molecule has 2 aliphatic rings. The first kappa shape index (κ1) is 30.8. The van der Waals surface area contributed by atoms with Gasteiger partial charge < -0.3 is 29.6 Å². The van der Waals surface area contributed by atoms with Gasteiger partial charge >= 0.3 is 0 Å². The molecule has 0 unspecified atom stereocenters. The Morgan fingerprint density at radius 2 is 2.00 bits per heavy atom. The topological polar surface area (TPSA) is 139 Å². The Kier molecular flexibility index (Phi) is 9.37. The van der Waals surface area contributed by atoms with E-state index in [1.165, 1.54) is 15.5 Å². The van der Waals surface area contributed by atoms with Crippen molar-refractivity contribution in [1.29, 1.82) is 5.26 Å². The highest BCUT2D eigenvalue weighted by atomic mass is 19.1. The molecule has 2 fully saturated rings. The average molecular weight is 603 g/mol. The predicted octanol–water partition coefficient (Wildman–Crippen LogP) is 3.42. The number of carbonyl (C=O) groups is 2. The van der Waals surface area contributed by atoms with Gasteiger partial charge in [0.1, 0.15) is 17.6 Å². The van der Waals surface area contributed by atoms with Gasteiger partial charge in [-0.05, 0) is 67.6 Å². The van der Waals surface area contributed by atoms with Gasteiger partial charge in [0, 0.05) is 44.6 Å². The maximum absolute atomic E-state index is 13.6. The van der Waals surface area contributed by atoms with Crippen molar-refractivity contribution in [3.05, 3.63) is 75.2 Å². The van der Waals surface area contributed by atoms with Gasteiger partial charge in [0.2, 0.25) is 5.88 Å². The van der Waals surface area contributed by atoms with Crippen LogP contribution in [0.15, 0.2) is 47.4 Å². The quantitative estimate of drug-likeness (QED) is 0.360. The summed E-state index contributed by atoms with van der Waals surface area (Å²) in [4.78, 5) is 45.5. The lowest BCUT2D eigenvalue weighted by Gasteiger charge is -2.34. The average Bonchev–Trinajstić information content (AvgIpc) is 3.49. The number of ether oxygens (including phenoxy) is 2. The van der Waals surface area contributed by atoms with Crippen LogP contribution >= 0.6 is 0 Å². The van der Waals surface area contributed by atoms with Crippen molar-refractivity contribution in [2.45, 2.75) is 51.6 Å². The van der Waals surface area contributed by atoms with E-state index in [2.05, 4.69) is 15.6 Å². The molecule has 2 N–H and O–H groups in total. The van der Waals surface area contributed by atoms with Gasteiger partial charge in [-0.25, -0.2) is 4.39 Å². The molecule has 2 aliphatic heterocycles. The van der Waals surface area contributed by atoms with Crippen molar-refractivity contribution in [2.75, 3.05) is 31.6 Å². The van der Waals surface area contributed by atoms with Crippen LogP contribution in [-0.2, 0) is 18.3 Å². The van der Waals surface area contributed by atoms with Crippen molar-refractivity contribution in [1.82, 2.24) is 19.8 Å². The van der Waals surface area contributed by atoms with Gasteiger partial charge in [-0.3, -0.25) is 14.4 Å². The summed E-state index contributed by atoms with van der Waals surface area (Å²) in [6.45, 7) is 5.48. The molecular formula is C32H35FN6O5. The second-order valence-corrected chi connectivity index (χ2v) is 11.3. The molecule has 2 saturated heterocycles. The molecule has 2 amide bonds. The highest BCUT2D eigenvalue weighted by Crippen LogP contribution is 2.32. The van der Waals surface area contributed by atoms with Crippen LogP contribution < -0.4 is 20.9 Å². The highest BCUT2D eigenvalue weighted by molar-refractivity contribution is 6.05. The Bertz CT molecular complexity index is 1650. The molecule has 5 rings (SSSR count). The van der Waals surface area contributed by atoms with Crippen molar-refractivity contribution in [3.8, 4) is 23.1 Å². The molecule has 3 aromatic rings. The van der Waals surface area contributed by atoms with Crippen molar-refractivity contribution >= 4 is 17.6 Å². The van der Waals surface area contributed by atoms with Gasteiger partial charge in [0.25, 0.3) is 17.4 Å². The van der Waals surface area contributed by atoms with Crippen molar-refractivity contribution in [3.63, 3.8) is 0 Å². The zero-order valence-electron chi connectivity index (χ0n) is 24.9. The number of anilines is 1. The van der Waals surface area contributed by atoms with E-state index in [1.807, 2.05) is 19.9 Å². The number of aryl methyl sites for hydroxylation is 1. The second-order valence-electron chi connectivity index (χ2n) is 11.3. The first-order valence-electron chi connectivity index (χ1n) is 14.6. The van der Waals surface area contributed by atoms with E-state index in [0.29, 0.717) is 24.2 Å². The number of amides is 2. The number of nitrogens with zero attached hydrogens (tertiary/aromatic N) is 4.